The van der Waals surface area contributed by atoms with Crippen molar-refractivity contribution >= 4 is 11.8 Å². The van der Waals surface area contributed by atoms with Gasteiger partial charge in [-0.15, -0.1) is 6.42 Å². The molecule has 25 heavy (non-hydrogen) atoms. The standard InChI is InChI=1S/C20H25FN2O2/c1-4-20(5-2,6-3)22-18(24)15-11-13-23(14-12-15)19(25)16-7-9-17(21)10-8-16/h1,7-10,15H,5-6,11-14H2,2-3H3,(H,22,24). The van der Waals surface area contributed by atoms with E-state index in [2.05, 4.69) is 11.2 Å². The fourth-order valence-electron chi connectivity index (χ4n) is 3.12. The van der Waals surface area contributed by atoms with Gasteiger partial charge in [-0.3, -0.25) is 9.59 Å². The normalized spacial score (nSPS) is 15.5. The molecule has 1 heterocycles. The monoisotopic (exact) mass is 344 g/mol. The maximum absolute atomic E-state index is 13.0. The molecule has 0 aliphatic carbocycles. The van der Waals surface area contributed by atoms with Gasteiger partial charge in [0.25, 0.3) is 5.91 Å². The maximum atomic E-state index is 13.0. The van der Waals surface area contributed by atoms with E-state index >= 15 is 0 Å². The third-order valence-corrected chi connectivity index (χ3v) is 5.09. The van der Waals surface area contributed by atoms with Gasteiger partial charge in [-0.1, -0.05) is 19.8 Å². The van der Waals surface area contributed by atoms with E-state index in [1.807, 2.05) is 13.8 Å². The number of benzene rings is 1. The molecule has 1 aliphatic rings. The van der Waals surface area contributed by atoms with Gasteiger partial charge in [0, 0.05) is 24.6 Å². The average Bonchev–Trinajstić information content (AvgIpc) is 2.66. The minimum Gasteiger partial charge on any atom is -0.340 e. The largest absolute Gasteiger partial charge is 0.340 e. The second kappa shape index (κ2) is 8.15. The Labute approximate surface area is 148 Å². The quantitative estimate of drug-likeness (QED) is 0.835. The van der Waals surface area contributed by atoms with E-state index in [1.165, 1.54) is 24.3 Å². The van der Waals surface area contributed by atoms with Crippen LogP contribution in [0.4, 0.5) is 4.39 Å². The van der Waals surface area contributed by atoms with Crippen molar-refractivity contribution in [1.29, 1.82) is 0 Å². The average molecular weight is 344 g/mol. The Bertz CT molecular complexity index is 651. The minimum absolute atomic E-state index is 0.0319. The zero-order valence-corrected chi connectivity index (χ0v) is 14.8. The molecule has 134 valence electrons. The Balaban J connectivity index is 1.93. The van der Waals surface area contributed by atoms with Crippen molar-refractivity contribution in [2.24, 2.45) is 5.92 Å². The van der Waals surface area contributed by atoms with Gasteiger partial charge in [-0.2, -0.15) is 0 Å². The lowest BCUT2D eigenvalue weighted by Gasteiger charge is -2.34. The number of hydrogen-bond acceptors (Lipinski definition) is 2. The summed E-state index contributed by atoms with van der Waals surface area (Å²) in [6.45, 7) is 4.95. The van der Waals surface area contributed by atoms with E-state index in [-0.39, 0.29) is 23.5 Å². The molecule has 2 amide bonds. The number of likely N-dealkylation sites (tertiary alicyclic amines) is 1. The molecule has 0 atom stereocenters. The highest BCUT2D eigenvalue weighted by Gasteiger charge is 2.32. The predicted molar refractivity (Wildman–Crippen MR) is 95.3 cm³/mol. The van der Waals surface area contributed by atoms with Gasteiger partial charge in [0.1, 0.15) is 11.4 Å². The maximum Gasteiger partial charge on any atom is 0.253 e. The number of carbonyl (C=O) groups excluding carboxylic acids is 2. The van der Waals surface area contributed by atoms with Crippen molar-refractivity contribution < 1.29 is 14.0 Å². The second-order valence-electron chi connectivity index (χ2n) is 6.50. The topological polar surface area (TPSA) is 49.4 Å². The van der Waals surface area contributed by atoms with Crippen LogP contribution >= 0.6 is 0 Å². The molecule has 0 saturated carbocycles. The van der Waals surface area contributed by atoms with Crippen LogP contribution in [0.5, 0.6) is 0 Å². The number of piperidine rings is 1. The van der Waals surface area contributed by atoms with E-state index < -0.39 is 5.54 Å². The number of hydrogen-bond donors (Lipinski definition) is 1. The van der Waals surface area contributed by atoms with Crippen LogP contribution in [0.3, 0.4) is 0 Å². The summed E-state index contributed by atoms with van der Waals surface area (Å²) in [4.78, 5) is 26.7. The van der Waals surface area contributed by atoms with E-state index in [0.29, 0.717) is 44.3 Å². The van der Waals surface area contributed by atoms with E-state index in [4.69, 9.17) is 6.42 Å². The first-order valence-electron chi connectivity index (χ1n) is 8.79. The first-order valence-corrected chi connectivity index (χ1v) is 8.79. The lowest BCUT2D eigenvalue weighted by Crippen LogP contribution is -2.51. The van der Waals surface area contributed by atoms with Crippen LogP contribution in [0.15, 0.2) is 24.3 Å². The summed E-state index contributed by atoms with van der Waals surface area (Å²) >= 11 is 0. The van der Waals surface area contributed by atoms with Gasteiger partial charge in [0.15, 0.2) is 0 Å². The molecule has 0 spiro atoms. The van der Waals surface area contributed by atoms with Crippen molar-refractivity contribution in [2.45, 2.75) is 45.1 Å². The summed E-state index contributed by atoms with van der Waals surface area (Å²) in [7, 11) is 0. The number of nitrogens with one attached hydrogen (secondary N) is 1. The highest BCUT2D eigenvalue weighted by atomic mass is 19.1. The molecule has 4 nitrogen and oxygen atoms in total. The molecule has 0 unspecified atom stereocenters. The van der Waals surface area contributed by atoms with Crippen LogP contribution in [0, 0.1) is 24.1 Å². The number of amides is 2. The Morgan fingerprint density at radius 2 is 1.80 bits per heavy atom. The van der Waals surface area contributed by atoms with Gasteiger partial charge in [-0.25, -0.2) is 4.39 Å². The number of terminal acetylenes is 1. The molecule has 2 rings (SSSR count). The Hall–Kier alpha value is -2.35. The van der Waals surface area contributed by atoms with Crippen molar-refractivity contribution in [3.8, 4) is 12.3 Å². The summed E-state index contributed by atoms with van der Waals surface area (Å²) < 4.78 is 13.0. The highest BCUT2D eigenvalue weighted by Crippen LogP contribution is 2.22. The van der Waals surface area contributed by atoms with Gasteiger partial charge >= 0.3 is 0 Å². The minimum atomic E-state index is -0.585. The SMILES string of the molecule is C#CC(CC)(CC)NC(=O)C1CCN(C(=O)c2ccc(F)cc2)CC1. The second-order valence-corrected chi connectivity index (χ2v) is 6.50. The fraction of sp³-hybridized carbons (Fsp3) is 0.500. The number of nitrogens with zero attached hydrogens (tertiary/aromatic N) is 1. The molecule has 5 heteroatoms. The molecule has 1 aliphatic heterocycles. The number of carbonyl (C=O) groups is 2. The van der Waals surface area contributed by atoms with Crippen LogP contribution in [0.25, 0.3) is 0 Å². The lowest BCUT2D eigenvalue weighted by atomic mass is 9.90. The van der Waals surface area contributed by atoms with Crippen molar-refractivity contribution in [3.63, 3.8) is 0 Å². The molecule has 0 radical (unpaired) electrons. The zero-order chi connectivity index (χ0) is 18.4. The van der Waals surface area contributed by atoms with Crippen LogP contribution in [0.2, 0.25) is 0 Å². The highest BCUT2D eigenvalue weighted by molar-refractivity contribution is 5.94. The summed E-state index contributed by atoms with van der Waals surface area (Å²) in [5, 5.41) is 3.01. The van der Waals surface area contributed by atoms with Crippen LogP contribution in [-0.2, 0) is 4.79 Å². The molecule has 1 N–H and O–H groups in total. The van der Waals surface area contributed by atoms with Crippen LogP contribution in [0.1, 0.15) is 49.9 Å². The first kappa shape index (κ1) is 19.0. The smallest absolute Gasteiger partial charge is 0.253 e. The summed E-state index contributed by atoms with van der Waals surface area (Å²) in [5.74, 6) is 2.05. The third kappa shape index (κ3) is 4.39. The van der Waals surface area contributed by atoms with E-state index in [9.17, 15) is 14.0 Å². The molecule has 1 aromatic rings. The summed E-state index contributed by atoms with van der Waals surface area (Å²) in [5.41, 5.74) is -0.120. The Morgan fingerprint density at radius 1 is 1.24 bits per heavy atom. The molecular formula is C20H25FN2O2. The van der Waals surface area contributed by atoms with Crippen molar-refractivity contribution in [1.82, 2.24) is 10.2 Å². The molecule has 1 fully saturated rings. The van der Waals surface area contributed by atoms with E-state index in [0.717, 1.165) is 0 Å². The number of halogens is 1. The van der Waals surface area contributed by atoms with Gasteiger partial charge in [0.2, 0.25) is 5.91 Å². The Kier molecular flexibility index (Phi) is 6.19. The Morgan fingerprint density at radius 3 is 2.28 bits per heavy atom. The molecule has 0 aromatic heterocycles. The van der Waals surface area contributed by atoms with Gasteiger partial charge in [-0.05, 0) is 49.9 Å². The van der Waals surface area contributed by atoms with Gasteiger partial charge in [0.05, 0.1) is 0 Å². The lowest BCUT2D eigenvalue weighted by molar-refractivity contribution is -0.127. The first-order chi connectivity index (χ1) is 11.9. The van der Waals surface area contributed by atoms with E-state index in [1.54, 1.807) is 4.90 Å². The van der Waals surface area contributed by atoms with Gasteiger partial charge < -0.3 is 10.2 Å². The van der Waals surface area contributed by atoms with Crippen molar-refractivity contribution in [3.05, 3.63) is 35.6 Å². The fourth-order valence-corrected chi connectivity index (χ4v) is 3.12. The number of rotatable bonds is 5. The van der Waals surface area contributed by atoms with Crippen molar-refractivity contribution in [2.75, 3.05) is 13.1 Å². The summed E-state index contributed by atoms with van der Waals surface area (Å²) in [6, 6.07) is 5.53. The molecular weight excluding hydrogens is 319 g/mol. The summed E-state index contributed by atoms with van der Waals surface area (Å²) in [6.07, 6.45) is 8.18. The predicted octanol–water partition coefficient (Wildman–Crippen LogP) is 2.99. The van der Waals surface area contributed by atoms with Crippen LogP contribution < -0.4 is 5.32 Å². The molecule has 0 bridgehead atoms. The molecule has 1 saturated heterocycles. The zero-order valence-electron chi connectivity index (χ0n) is 14.8. The molecule has 1 aromatic carbocycles. The van der Waals surface area contributed by atoms with Crippen LogP contribution in [-0.4, -0.2) is 35.3 Å². The third-order valence-electron chi connectivity index (χ3n) is 5.09.